The van der Waals surface area contributed by atoms with Gasteiger partial charge in [-0.2, -0.15) is 0 Å². The Labute approximate surface area is 76.4 Å². The fourth-order valence-corrected chi connectivity index (χ4v) is 3.20. The van der Waals surface area contributed by atoms with Crippen molar-refractivity contribution >= 4 is 21.2 Å². The summed E-state index contributed by atoms with van der Waals surface area (Å²) in [6.45, 7) is 1.97. The van der Waals surface area contributed by atoms with Gasteiger partial charge in [-0.15, -0.1) is 11.3 Å². The van der Waals surface area contributed by atoms with Gasteiger partial charge in [-0.05, 0) is 6.42 Å². The Bertz CT molecular complexity index is 315. The van der Waals surface area contributed by atoms with Crippen molar-refractivity contribution < 1.29 is 8.42 Å². The normalized spacial score (nSPS) is 11.8. The Morgan fingerprint density at radius 2 is 2.33 bits per heavy atom. The smallest absolute Gasteiger partial charge is 0.189 e. The van der Waals surface area contributed by atoms with E-state index >= 15 is 0 Å². The Morgan fingerprint density at radius 1 is 1.58 bits per heavy atom. The molecule has 1 heterocycles. The van der Waals surface area contributed by atoms with Crippen LogP contribution in [0.2, 0.25) is 0 Å². The van der Waals surface area contributed by atoms with Crippen molar-refractivity contribution in [3.8, 4) is 0 Å². The van der Waals surface area contributed by atoms with Crippen molar-refractivity contribution in [2.24, 2.45) is 0 Å². The lowest BCUT2D eigenvalue weighted by Gasteiger charge is -1.97. The maximum atomic E-state index is 11.4. The molecule has 0 aliphatic carbocycles. The van der Waals surface area contributed by atoms with Gasteiger partial charge in [0.1, 0.15) is 4.21 Å². The monoisotopic (exact) mass is 205 g/mol. The molecule has 1 rings (SSSR count). The minimum absolute atomic E-state index is 0.242. The number of aromatic nitrogens is 1. The van der Waals surface area contributed by atoms with Gasteiger partial charge in [0, 0.05) is 0 Å². The van der Waals surface area contributed by atoms with E-state index < -0.39 is 9.84 Å². The van der Waals surface area contributed by atoms with E-state index in [1.54, 1.807) is 5.51 Å². The summed E-state index contributed by atoms with van der Waals surface area (Å²) in [7, 11) is -3.02. The lowest BCUT2D eigenvalue weighted by Crippen LogP contribution is -2.04. The van der Waals surface area contributed by atoms with Crippen molar-refractivity contribution in [2.45, 2.75) is 24.0 Å². The topological polar surface area (TPSA) is 47.0 Å². The minimum atomic E-state index is -3.02. The first-order valence-electron chi connectivity index (χ1n) is 3.78. The van der Waals surface area contributed by atoms with Gasteiger partial charge < -0.3 is 0 Å². The standard InChI is InChI=1S/C7H11NO2S2/c1-2-3-4-12(9,10)7-5-8-6-11-7/h5-6H,2-4H2,1H3. The van der Waals surface area contributed by atoms with Crippen LogP contribution in [0.25, 0.3) is 0 Å². The third kappa shape index (κ3) is 2.28. The highest BCUT2D eigenvalue weighted by Gasteiger charge is 2.14. The van der Waals surface area contributed by atoms with Crippen molar-refractivity contribution in [1.82, 2.24) is 4.98 Å². The lowest BCUT2D eigenvalue weighted by atomic mass is 10.4. The molecular weight excluding hydrogens is 194 g/mol. The average molecular weight is 205 g/mol. The molecular formula is C7H11NO2S2. The van der Waals surface area contributed by atoms with E-state index in [9.17, 15) is 8.42 Å². The van der Waals surface area contributed by atoms with E-state index in [1.165, 1.54) is 17.5 Å². The van der Waals surface area contributed by atoms with Crippen LogP contribution < -0.4 is 0 Å². The number of hydrogen-bond acceptors (Lipinski definition) is 4. The van der Waals surface area contributed by atoms with Gasteiger partial charge in [0.25, 0.3) is 0 Å². The zero-order valence-electron chi connectivity index (χ0n) is 6.86. The second-order valence-electron chi connectivity index (χ2n) is 2.49. The van der Waals surface area contributed by atoms with Crippen LogP contribution in [0, 0.1) is 0 Å². The fraction of sp³-hybridized carbons (Fsp3) is 0.571. The first kappa shape index (κ1) is 9.67. The summed E-state index contributed by atoms with van der Waals surface area (Å²) >= 11 is 1.18. The molecule has 0 unspecified atom stereocenters. The minimum Gasteiger partial charge on any atom is -0.252 e. The second kappa shape index (κ2) is 4.00. The van der Waals surface area contributed by atoms with E-state index in [2.05, 4.69) is 4.98 Å². The van der Waals surface area contributed by atoms with Crippen LogP contribution in [0.5, 0.6) is 0 Å². The molecule has 0 saturated carbocycles. The third-order valence-corrected chi connectivity index (χ3v) is 4.64. The summed E-state index contributed by atoms with van der Waals surface area (Å²) in [6.07, 6.45) is 3.04. The quantitative estimate of drug-likeness (QED) is 0.752. The van der Waals surface area contributed by atoms with Crippen LogP contribution >= 0.6 is 11.3 Å². The molecule has 68 valence electrons. The number of thiazole rings is 1. The van der Waals surface area contributed by atoms with Crippen molar-refractivity contribution in [2.75, 3.05) is 5.75 Å². The van der Waals surface area contributed by atoms with Gasteiger partial charge in [-0.25, -0.2) is 8.42 Å². The highest BCUT2D eigenvalue weighted by molar-refractivity contribution is 7.93. The molecule has 5 heteroatoms. The second-order valence-corrected chi connectivity index (χ2v) is 5.72. The first-order valence-corrected chi connectivity index (χ1v) is 6.31. The molecule has 0 N–H and O–H groups in total. The zero-order chi connectivity index (χ0) is 9.03. The largest absolute Gasteiger partial charge is 0.252 e. The molecule has 3 nitrogen and oxygen atoms in total. The van der Waals surface area contributed by atoms with Crippen LogP contribution in [0.3, 0.4) is 0 Å². The zero-order valence-corrected chi connectivity index (χ0v) is 8.49. The highest BCUT2D eigenvalue weighted by atomic mass is 32.2. The lowest BCUT2D eigenvalue weighted by molar-refractivity contribution is 0.594. The Hall–Kier alpha value is -0.420. The van der Waals surface area contributed by atoms with Crippen molar-refractivity contribution in [3.05, 3.63) is 11.7 Å². The van der Waals surface area contributed by atoms with Crippen LogP contribution in [0.1, 0.15) is 19.8 Å². The molecule has 0 saturated heterocycles. The molecule has 0 fully saturated rings. The number of sulfone groups is 1. The van der Waals surface area contributed by atoms with Gasteiger partial charge in [0.05, 0.1) is 17.5 Å². The predicted molar refractivity (Wildman–Crippen MR) is 49.1 cm³/mol. The number of unbranched alkanes of at least 4 members (excludes halogenated alkanes) is 1. The molecule has 1 aromatic rings. The third-order valence-electron chi connectivity index (χ3n) is 1.48. The van der Waals surface area contributed by atoms with Crippen molar-refractivity contribution in [3.63, 3.8) is 0 Å². The number of hydrogen-bond donors (Lipinski definition) is 0. The fourth-order valence-electron chi connectivity index (χ4n) is 0.793. The van der Waals surface area contributed by atoms with Crippen LogP contribution in [-0.4, -0.2) is 19.2 Å². The van der Waals surface area contributed by atoms with Gasteiger partial charge in [-0.3, -0.25) is 4.98 Å². The molecule has 0 bridgehead atoms. The molecule has 0 aromatic carbocycles. The first-order chi connectivity index (χ1) is 5.67. The highest BCUT2D eigenvalue weighted by Crippen LogP contribution is 2.16. The maximum absolute atomic E-state index is 11.4. The van der Waals surface area contributed by atoms with Crippen molar-refractivity contribution in [1.29, 1.82) is 0 Å². The van der Waals surface area contributed by atoms with E-state index in [1.807, 2.05) is 6.92 Å². The summed E-state index contributed by atoms with van der Waals surface area (Å²) in [5.74, 6) is 0.242. The van der Waals surface area contributed by atoms with Gasteiger partial charge in [0.15, 0.2) is 9.84 Å². The molecule has 12 heavy (non-hydrogen) atoms. The van der Waals surface area contributed by atoms with Crippen LogP contribution in [0.15, 0.2) is 15.9 Å². The average Bonchev–Trinajstić information content (AvgIpc) is 2.53. The van der Waals surface area contributed by atoms with Gasteiger partial charge >= 0.3 is 0 Å². The predicted octanol–water partition coefficient (Wildman–Crippen LogP) is 1.72. The Kier molecular flexibility index (Phi) is 3.22. The summed E-state index contributed by atoms with van der Waals surface area (Å²) in [5.41, 5.74) is 1.54. The SMILES string of the molecule is CCCCS(=O)(=O)c1cncs1. The Balaban J connectivity index is 2.74. The number of nitrogens with zero attached hydrogens (tertiary/aromatic N) is 1. The van der Waals surface area contributed by atoms with Crippen LogP contribution in [-0.2, 0) is 9.84 Å². The van der Waals surface area contributed by atoms with E-state index in [0.717, 1.165) is 12.8 Å². The number of rotatable bonds is 4. The molecule has 0 aliphatic rings. The molecule has 0 radical (unpaired) electrons. The molecule has 1 aromatic heterocycles. The molecule has 0 spiro atoms. The molecule has 0 atom stereocenters. The summed E-state index contributed by atoms with van der Waals surface area (Å²) in [4.78, 5) is 3.74. The van der Waals surface area contributed by atoms with Crippen LogP contribution in [0.4, 0.5) is 0 Å². The maximum Gasteiger partial charge on any atom is 0.189 e. The molecule has 0 amide bonds. The molecule has 0 aliphatic heterocycles. The summed E-state index contributed by atoms with van der Waals surface area (Å²) in [6, 6.07) is 0. The van der Waals surface area contributed by atoms with E-state index in [4.69, 9.17) is 0 Å². The summed E-state index contributed by atoms with van der Waals surface area (Å²) in [5, 5.41) is 0. The van der Waals surface area contributed by atoms with Gasteiger partial charge in [-0.1, -0.05) is 13.3 Å². The van der Waals surface area contributed by atoms with E-state index in [0.29, 0.717) is 4.21 Å². The van der Waals surface area contributed by atoms with E-state index in [-0.39, 0.29) is 5.75 Å². The Morgan fingerprint density at radius 3 is 2.83 bits per heavy atom. The van der Waals surface area contributed by atoms with Gasteiger partial charge in [0.2, 0.25) is 0 Å². The summed E-state index contributed by atoms with van der Waals surface area (Å²) < 4.78 is 23.2.